The van der Waals surface area contributed by atoms with Gasteiger partial charge in [-0.05, 0) is 24.3 Å². The molecular formula is C14H12BF2N3. The van der Waals surface area contributed by atoms with Gasteiger partial charge in [0.1, 0.15) is 5.71 Å². The second kappa shape index (κ2) is 3.59. The van der Waals surface area contributed by atoms with Gasteiger partial charge in [-0.3, -0.25) is 0 Å². The van der Waals surface area contributed by atoms with Crippen LogP contribution >= 0.6 is 0 Å². The first kappa shape index (κ1) is 11.5. The molecular weight excluding hydrogens is 259 g/mol. The van der Waals surface area contributed by atoms with Crippen LogP contribution < -0.4 is 0 Å². The number of hydrogen-bond acceptors (Lipinski definition) is 0. The summed E-state index contributed by atoms with van der Waals surface area (Å²) in [6, 6.07) is 7.07. The van der Waals surface area contributed by atoms with Crippen LogP contribution in [0.3, 0.4) is 0 Å². The van der Waals surface area contributed by atoms with Gasteiger partial charge in [0.2, 0.25) is 0 Å². The summed E-state index contributed by atoms with van der Waals surface area (Å²) in [5.41, 5.74) is 2.85. The molecule has 0 amide bonds. The molecule has 0 bridgehead atoms. The maximum absolute atomic E-state index is 14.9. The van der Waals surface area contributed by atoms with E-state index in [1.165, 1.54) is 0 Å². The SMILES string of the molecule is CC1=[N+]2C(=Cc3ccc(-c4ccc[nH]4)n3[B-]2(F)F)C=C1. The maximum atomic E-state index is 14.9. The number of allylic oxidation sites excluding steroid dienone is 2. The molecule has 0 atom stereocenters. The van der Waals surface area contributed by atoms with E-state index in [9.17, 15) is 8.63 Å². The summed E-state index contributed by atoms with van der Waals surface area (Å²) in [7, 11) is 0. The smallest absolute Gasteiger partial charge is 0.389 e. The van der Waals surface area contributed by atoms with E-state index in [0.29, 0.717) is 28.5 Å². The number of rotatable bonds is 1. The van der Waals surface area contributed by atoms with Gasteiger partial charge in [-0.1, -0.05) is 0 Å². The Labute approximate surface area is 114 Å². The highest BCUT2D eigenvalue weighted by atomic mass is 19.2. The minimum atomic E-state index is -3.87. The molecule has 0 saturated heterocycles. The molecule has 100 valence electrons. The molecule has 4 heterocycles. The Balaban J connectivity index is 2.02. The van der Waals surface area contributed by atoms with E-state index in [2.05, 4.69) is 4.98 Å². The molecule has 1 N–H and O–H groups in total. The zero-order chi connectivity index (χ0) is 13.9. The van der Waals surface area contributed by atoms with Crippen LogP contribution in [0.4, 0.5) is 8.63 Å². The van der Waals surface area contributed by atoms with E-state index < -0.39 is 6.97 Å². The lowest BCUT2D eigenvalue weighted by Gasteiger charge is -2.30. The first-order valence-electron chi connectivity index (χ1n) is 6.49. The third kappa shape index (κ3) is 1.31. The number of aromatic amines is 1. The zero-order valence-corrected chi connectivity index (χ0v) is 10.8. The predicted octanol–water partition coefficient (Wildman–Crippen LogP) is 3.10. The van der Waals surface area contributed by atoms with Crippen molar-refractivity contribution in [3.8, 4) is 11.4 Å². The van der Waals surface area contributed by atoms with Crippen LogP contribution in [0.2, 0.25) is 0 Å². The molecule has 0 saturated carbocycles. The monoisotopic (exact) mass is 271 g/mol. The van der Waals surface area contributed by atoms with Crippen molar-refractivity contribution in [2.24, 2.45) is 0 Å². The normalized spacial score (nSPS) is 19.1. The molecule has 2 aromatic rings. The largest absolute Gasteiger partial charge is 0.737 e. The topological polar surface area (TPSA) is 23.7 Å². The summed E-state index contributed by atoms with van der Waals surface area (Å²) in [5.74, 6) is 0. The van der Waals surface area contributed by atoms with E-state index in [4.69, 9.17) is 0 Å². The van der Waals surface area contributed by atoms with E-state index in [-0.39, 0.29) is 0 Å². The van der Waals surface area contributed by atoms with Crippen molar-refractivity contribution >= 4 is 18.8 Å². The summed E-state index contributed by atoms with van der Waals surface area (Å²) in [4.78, 5) is 2.99. The number of nitrogens with one attached hydrogen (secondary N) is 1. The van der Waals surface area contributed by atoms with Gasteiger partial charge in [-0.2, -0.15) is 0 Å². The minimum Gasteiger partial charge on any atom is -0.389 e. The quantitative estimate of drug-likeness (QED) is 0.770. The third-order valence-electron chi connectivity index (χ3n) is 3.89. The molecule has 0 fully saturated rings. The molecule has 0 spiro atoms. The Kier molecular flexibility index (Phi) is 2.06. The van der Waals surface area contributed by atoms with Crippen molar-refractivity contribution < 1.29 is 13.1 Å². The summed E-state index contributed by atoms with van der Waals surface area (Å²) >= 11 is 0. The predicted molar refractivity (Wildman–Crippen MR) is 75.6 cm³/mol. The first-order chi connectivity index (χ1) is 9.59. The van der Waals surface area contributed by atoms with Crippen LogP contribution in [0.15, 0.2) is 48.3 Å². The van der Waals surface area contributed by atoms with Crippen molar-refractivity contribution in [3.63, 3.8) is 0 Å². The van der Waals surface area contributed by atoms with Crippen molar-refractivity contribution in [2.75, 3.05) is 0 Å². The molecule has 0 aliphatic carbocycles. The molecule has 2 aliphatic rings. The van der Waals surface area contributed by atoms with Gasteiger partial charge < -0.3 is 22.6 Å². The molecule has 2 aromatic heterocycles. The molecule has 2 aliphatic heterocycles. The van der Waals surface area contributed by atoms with Crippen LogP contribution in [0.5, 0.6) is 0 Å². The summed E-state index contributed by atoms with van der Waals surface area (Å²) in [5, 5.41) is 0. The van der Waals surface area contributed by atoms with Gasteiger partial charge in [-0.15, -0.1) is 0 Å². The highest BCUT2D eigenvalue weighted by molar-refractivity contribution is 6.58. The van der Waals surface area contributed by atoms with Crippen LogP contribution in [0, 0.1) is 0 Å². The van der Waals surface area contributed by atoms with Gasteiger partial charge in [0.15, 0.2) is 5.70 Å². The van der Waals surface area contributed by atoms with Crippen LogP contribution in [0.1, 0.15) is 12.6 Å². The third-order valence-corrected chi connectivity index (χ3v) is 3.89. The molecule has 0 aromatic carbocycles. The molecule has 0 unspecified atom stereocenters. The molecule has 6 heteroatoms. The highest BCUT2D eigenvalue weighted by Crippen LogP contribution is 2.35. The lowest BCUT2D eigenvalue weighted by atomic mass is 9.90. The number of fused-ring (bicyclic) bond motifs is 2. The number of aromatic nitrogens is 2. The Morgan fingerprint density at radius 3 is 2.80 bits per heavy atom. The average molecular weight is 271 g/mol. The van der Waals surface area contributed by atoms with Crippen molar-refractivity contribution in [2.45, 2.75) is 6.92 Å². The first-order valence-corrected chi connectivity index (χ1v) is 6.49. The summed E-state index contributed by atoms with van der Waals surface area (Å²) in [6.07, 6.45) is 6.98. The molecule has 0 radical (unpaired) electrons. The Hall–Kier alpha value is -2.37. The second-order valence-electron chi connectivity index (χ2n) is 5.10. The second-order valence-corrected chi connectivity index (χ2v) is 5.10. The van der Waals surface area contributed by atoms with Crippen molar-refractivity contribution in [1.82, 2.24) is 9.46 Å². The molecule has 4 rings (SSSR count). The van der Waals surface area contributed by atoms with Crippen molar-refractivity contribution in [3.05, 3.63) is 54.0 Å². The van der Waals surface area contributed by atoms with Crippen LogP contribution in [0.25, 0.3) is 17.5 Å². The Morgan fingerprint density at radius 1 is 1.20 bits per heavy atom. The van der Waals surface area contributed by atoms with Crippen LogP contribution in [-0.2, 0) is 0 Å². The fourth-order valence-corrected chi connectivity index (χ4v) is 3.02. The highest BCUT2D eigenvalue weighted by Gasteiger charge is 2.51. The lowest BCUT2D eigenvalue weighted by molar-refractivity contribution is -0.361. The fourth-order valence-electron chi connectivity index (χ4n) is 3.02. The number of hydrogen-bond donors (Lipinski definition) is 1. The van der Waals surface area contributed by atoms with Gasteiger partial charge >= 0.3 is 6.97 Å². The fraction of sp³-hybridized carbons (Fsp3) is 0.0714. The number of H-pyrrole nitrogens is 1. The minimum absolute atomic E-state index is 0.505. The summed E-state index contributed by atoms with van der Waals surface area (Å²) in [6.45, 7) is -2.16. The zero-order valence-electron chi connectivity index (χ0n) is 10.8. The van der Waals surface area contributed by atoms with E-state index in [0.717, 1.165) is 8.96 Å². The standard InChI is InChI=1S/C14H12BF2N3/c1-10-4-5-11-9-12-6-7-14(13-3-2-8-18-13)20(12)15(16,17)19(10)11/h2-9,18H,1H3. The maximum Gasteiger partial charge on any atom is 0.737 e. The van der Waals surface area contributed by atoms with Crippen molar-refractivity contribution in [1.29, 1.82) is 0 Å². The van der Waals surface area contributed by atoms with Gasteiger partial charge in [-0.25, -0.2) is 0 Å². The average Bonchev–Trinajstić information content (AvgIpc) is 3.08. The Bertz CT molecular complexity index is 795. The van der Waals surface area contributed by atoms with E-state index >= 15 is 0 Å². The van der Waals surface area contributed by atoms with Gasteiger partial charge in [0.05, 0.1) is 5.69 Å². The van der Waals surface area contributed by atoms with Crippen LogP contribution in [-0.4, -0.2) is 26.6 Å². The van der Waals surface area contributed by atoms with Gasteiger partial charge in [0, 0.05) is 42.7 Å². The van der Waals surface area contributed by atoms with E-state index in [1.54, 1.807) is 55.6 Å². The van der Waals surface area contributed by atoms with Gasteiger partial charge in [0.25, 0.3) is 0 Å². The number of halogens is 2. The molecule has 3 nitrogen and oxygen atoms in total. The van der Waals surface area contributed by atoms with E-state index in [1.807, 2.05) is 0 Å². The Morgan fingerprint density at radius 2 is 2.05 bits per heavy atom. The lowest BCUT2D eigenvalue weighted by Crippen LogP contribution is -2.50. The summed E-state index contributed by atoms with van der Waals surface area (Å²) < 4.78 is 32.1. The molecule has 20 heavy (non-hydrogen) atoms. The number of nitrogens with zero attached hydrogens (tertiary/aromatic N) is 2.